The average Bonchev–Trinajstić information content (AvgIpc) is 3.41. The van der Waals surface area contributed by atoms with Crippen LogP contribution in [0.5, 0.6) is 5.75 Å². The van der Waals surface area contributed by atoms with Gasteiger partial charge < -0.3 is 14.8 Å². The molecule has 5 rings (SSSR count). The molecule has 0 radical (unpaired) electrons. The molecule has 1 aliphatic rings. The lowest BCUT2D eigenvalue weighted by Crippen LogP contribution is -2.29. The van der Waals surface area contributed by atoms with Crippen LogP contribution >= 0.6 is 11.8 Å². The highest BCUT2D eigenvalue weighted by molar-refractivity contribution is 7.98. The lowest BCUT2D eigenvalue weighted by atomic mass is 9.87. The summed E-state index contributed by atoms with van der Waals surface area (Å²) in [7, 11) is 0. The molecule has 8 heteroatoms. The normalized spacial score (nSPS) is 14.7. The molecule has 0 saturated heterocycles. The Hall–Kier alpha value is -4.04. The molecule has 0 saturated carbocycles. The minimum Gasteiger partial charge on any atom is -0.489 e. The van der Waals surface area contributed by atoms with Gasteiger partial charge in [-0.05, 0) is 53.1 Å². The van der Waals surface area contributed by atoms with E-state index < -0.39 is 6.04 Å². The molecular formula is C35H40N4O3S. The van der Waals surface area contributed by atoms with Gasteiger partial charge in [0.05, 0.1) is 12.2 Å². The zero-order valence-electron chi connectivity index (χ0n) is 25.6. The van der Waals surface area contributed by atoms with Crippen molar-refractivity contribution in [2.45, 2.75) is 76.4 Å². The van der Waals surface area contributed by atoms with Crippen molar-refractivity contribution in [3.05, 3.63) is 112 Å². The van der Waals surface area contributed by atoms with Gasteiger partial charge in [0.2, 0.25) is 11.1 Å². The van der Waals surface area contributed by atoms with Crippen LogP contribution in [0.2, 0.25) is 0 Å². The van der Waals surface area contributed by atoms with Crippen molar-refractivity contribution >= 4 is 23.7 Å². The van der Waals surface area contributed by atoms with Crippen molar-refractivity contribution in [1.29, 1.82) is 0 Å². The Bertz CT molecular complexity index is 1560. The maximum atomic E-state index is 13.4. The number of esters is 1. The third-order valence-corrected chi connectivity index (χ3v) is 8.32. The number of carbonyl (C=O) groups is 1. The number of nitrogens with one attached hydrogen (secondary N) is 1. The third-order valence-electron chi connectivity index (χ3n) is 7.42. The number of rotatable bonds is 11. The van der Waals surface area contributed by atoms with Gasteiger partial charge in [-0.25, -0.2) is 9.48 Å². The van der Waals surface area contributed by atoms with Gasteiger partial charge in [0.15, 0.2) is 0 Å². The first-order valence-electron chi connectivity index (χ1n) is 14.8. The summed E-state index contributed by atoms with van der Waals surface area (Å²) in [6.07, 6.45) is 1.76. The van der Waals surface area contributed by atoms with Crippen molar-refractivity contribution in [3.63, 3.8) is 0 Å². The predicted octanol–water partition coefficient (Wildman–Crippen LogP) is 8.08. The van der Waals surface area contributed by atoms with Gasteiger partial charge in [-0.3, -0.25) is 0 Å². The summed E-state index contributed by atoms with van der Waals surface area (Å²) in [5, 5.41) is 8.78. The van der Waals surface area contributed by atoms with Crippen LogP contribution in [0.15, 0.2) is 95.3 Å². The second-order valence-corrected chi connectivity index (χ2v) is 12.7. The summed E-state index contributed by atoms with van der Waals surface area (Å²) < 4.78 is 13.6. The predicted molar refractivity (Wildman–Crippen MR) is 172 cm³/mol. The Morgan fingerprint density at radius 2 is 1.70 bits per heavy atom. The molecule has 1 aromatic heterocycles. The lowest BCUT2D eigenvalue weighted by molar-refractivity contribution is -0.139. The highest BCUT2D eigenvalue weighted by Gasteiger charge is 2.35. The van der Waals surface area contributed by atoms with E-state index in [2.05, 4.69) is 69.4 Å². The second kappa shape index (κ2) is 13.5. The van der Waals surface area contributed by atoms with Gasteiger partial charge in [-0.2, -0.15) is 4.98 Å². The first kappa shape index (κ1) is 30.4. The summed E-state index contributed by atoms with van der Waals surface area (Å²) in [6.45, 7) is 11.4. The summed E-state index contributed by atoms with van der Waals surface area (Å²) in [5.41, 5.74) is 5.85. The van der Waals surface area contributed by atoms with Crippen LogP contribution in [0.1, 0.15) is 75.8 Å². The van der Waals surface area contributed by atoms with Gasteiger partial charge in [-0.1, -0.05) is 113 Å². The zero-order valence-corrected chi connectivity index (χ0v) is 26.4. The van der Waals surface area contributed by atoms with Crippen molar-refractivity contribution in [2.24, 2.45) is 0 Å². The maximum Gasteiger partial charge on any atom is 0.338 e. The van der Waals surface area contributed by atoms with E-state index in [1.165, 1.54) is 11.1 Å². The standard InChI is InChI=1S/C35H40N4O3S/c1-6-7-21-41-32(40)30-24(2)36-33-37-34(43-23-26-11-9-8-10-12-26)38-39(33)31(30)27-15-19-29(20-16-27)42-22-25-13-17-28(18-14-25)35(3,4)5/h8-20,31H,6-7,21-23H2,1-5H3,(H,36,37,38). The summed E-state index contributed by atoms with van der Waals surface area (Å²) >= 11 is 1.56. The van der Waals surface area contributed by atoms with E-state index in [1.807, 2.05) is 49.4 Å². The molecule has 1 unspecified atom stereocenters. The molecule has 1 N–H and O–H groups in total. The molecule has 0 spiro atoms. The molecule has 224 valence electrons. The van der Waals surface area contributed by atoms with Gasteiger partial charge in [0.1, 0.15) is 18.4 Å². The average molecular weight is 597 g/mol. The van der Waals surface area contributed by atoms with Crippen LogP contribution in [0, 0.1) is 0 Å². The number of fused-ring (bicyclic) bond motifs is 1. The Balaban J connectivity index is 1.37. The highest BCUT2D eigenvalue weighted by atomic mass is 32.2. The number of ether oxygens (including phenoxy) is 2. The molecule has 2 heterocycles. The molecule has 4 aromatic rings. The van der Waals surface area contributed by atoms with Crippen LogP contribution in [-0.4, -0.2) is 27.3 Å². The van der Waals surface area contributed by atoms with E-state index in [0.29, 0.717) is 35.6 Å². The number of nitrogens with zero attached hydrogens (tertiary/aromatic N) is 3. The Kier molecular flexibility index (Phi) is 9.56. The fourth-order valence-corrected chi connectivity index (χ4v) is 5.67. The number of hydrogen-bond donors (Lipinski definition) is 1. The van der Waals surface area contributed by atoms with Crippen LogP contribution in [0.4, 0.5) is 5.95 Å². The van der Waals surface area contributed by atoms with Crippen LogP contribution in [0.25, 0.3) is 0 Å². The molecular weight excluding hydrogens is 556 g/mol. The fourth-order valence-electron chi connectivity index (χ4n) is 4.89. The second-order valence-electron chi connectivity index (χ2n) is 11.8. The first-order valence-corrected chi connectivity index (χ1v) is 15.8. The van der Waals surface area contributed by atoms with Crippen molar-refractivity contribution in [1.82, 2.24) is 14.8 Å². The summed E-state index contributed by atoms with van der Waals surface area (Å²) in [4.78, 5) is 18.2. The van der Waals surface area contributed by atoms with Crippen molar-refractivity contribution in [3.8, 4) is 5.75 Å². The first-order chi connectivity index (χ1) is 20.7. The molecule has 3 aromatic carbocycles. The highest BCUT2D eigenvalue weighted by Crippen LogP contribution is 2.37. The molecule has 1 atom stereocenters. The molecule has 43 heavy (non-hydrogen) atoms. The summed E-state index contributed by atoms with van der Waals surface area (Å²) in [6, 6.07) is 26.2. The number of benzene rings is 3. The van der Waals surface area contributed by atoms with E-state index in [4.69, 9.17) is 19.6 Å². The van der Waals surface area contributed by atoms with Crippen molar-refractivity contribution in [2.75, 3.05) is 11.9 Å². The van der Waals surface area contributed by atoms with Crippen LogP contribution < -0.4 is 10.1 Å². The number of unbranched alkanes of at least 4 members (excludes halogenated alkanes) is 1. The summed E-state index contributed by atoms with van der Waals surface area (Å²) in [5.74, 6) is 1.76. The number of thioether (sulfide) groups is 1. The smallest absolute Gasteiger partial charge is 0.338 e. The van der Waals surface area contributed by atoms with E-state index >= 15 is 0 Å². The third kappa shape index (κ3) is 7.49. The number of aromatic nitrogens is 3. The van der Waals surface area contributed by atoms with E-state index in [9.17, 15) is 4.79 Å². The molecule has 0 fully saturated rings. The number of hydrogen-bond acceptors (Lipinski definition) is 7. The number of carbonyl (C=O) groups excluding carboxylic acids is 1. The Morgan fingerprint density at radius 1 is 0.977 bits per heavy atom. The fraction of sp³-hybridized carbons (Fsp3) is 0.343. The van der Waals surface area contributed by atoms with Gasteiger partial charge in [-0.15, -0.1) is 5.10 Å². The number of anilines is 1. The van der Waals surface area contributed by atoms with Gasteiger partial charge in [0, 0.05) is 11.4 Å². The van der Waals surface area contributed by atoms with Gasteiger partial charge in [0.25, 0.3) is 0 Å². The quantitative estimate of drug-likeness (QED) is 0.107. The van der Waals surface area contributed by atoms with Crippen LogP contribution in [0.3, 0.4) is 0 Å². The topological polar surface area (TPSA) is 78.3 Å². The molecule has 0 aliphatic carbocycles. The van der Waals surface area contributed by atoms with Crippen LogP contribution in [-0.2, 0) is 27.3 Å². The van der Waals surface area contributed by atoms with E-state index in [-0.39, 0.29) is 11.4 Å². The maximum absolute atomic E-state index is 13.4. The minimum atomic E-state index is -0.483. The monoisotopic (exact) mass is 596 g/mol. The molecule has 0 amide bonds. The number of allylic oxidation sites excluding steroid dienone is 1. The SMILES string of the molecule is CCCCOC(=O)C1=C(C)Nc2nc(SCc3ccccc3)nn2C1c1ccc(OCc2ccc(C(C)(C)C)cc2)cc1. The largest absolute Gasteiger partial charge is 0.489 e. The zero-order chi connectivity index (χ0) is 30.4. The minimum absolute atomic E-state index is 0.114. The Labute approximate surface area is 258 Å². The molecule has 1 aliphatic heterocycles. The lowest BCUT2D eigenvalue weighted by Gasteiger charge is -2.28. The van der Waals surface area contributed by atoms with E-state index in [0.717, 1.165) is 35.5 Å². The molecule has 7 nitrogen and oxygen atoms in total. The van der Waals surface area contributed by atoms with E-state index in [1.54, 1.807) is 16.4 Å². The molecule has 0 bridgehead atoms. The van der Waals surface area contributed by atoms with Gasteiger partial charge >= 0.3 is 5.97 Å². The Morgan fingerprint density at radius 3 is 2.37 bits per heavy atom. The van der Waals surface area contributed by atoms with Crippen molar-refractivity contribution < 1.29 is 14.3 Å².